The van der Waals surface area contributed by atoms with Gasteiger partial charge in [-0.25, -0.2) is 4.99 Å². The number of fused-ring (bicyclic) bond motifs is 1. The van der Waals surface area contributed by atoms with E-state index >= 15 is 0 Å². The van der Waals surface area contributed by atoms with E-state index in [1.165, 1.54) is 6.21 Å². The Labute approximate surface area is 87.0 Å². The first-order valence-corrected chi connectivity index (χ1v) is 3.90. The van der Waals surface area contributed by atoms with E-state index in [0.29, 0.717) is 11.7 Å². The Kier molecular flexibility index (Phi) is 2.97. The molecule has 0 aromatic carbocycles. The average molecular weight is 216 g/mol. The number of rotatable bonds is 1. The quantitative estimate of drug-likeness (QED) is 0.625. The van der Waals surface area contributed by atoms with Crippen LogP contribution in [0.1, 0.15) is 0 Å². The van der Waals surface area contributed by atoms with Crippen molar-refractivity contribution in [2.24, 2.45) is 26.7 Å². The lowest BCUT2D eigenvalue weighted by molar-refractivity contribution is -0.118. The third kappa shape index (κ3) is 1.53. The predicted octanol–water partition coefficient (Wildman–Crippen LogP) is -0.748. The first kappa shape index (κ1) is 10.8. The molecule has 1 atom stereocenters. The summed E-state index contributed by atoms with van der Waals surface area (Å²) < 4.78 is 0. The summed E-state index contributed by atoms with van der Waals surface area (Å²) in [7, 11) is 1.74. The van der Waals surface area contributed by atoms with Gasteiger partial charge in [0.25, 0.3) is 5.91 Å². The van der Waals surface area contributed by atoms with Gasteiger partial charge in [-0.3, -0.25) is 9.80 Å². The zero-order valence-corrected chi connectivity index (χ0v) is 8.36. The van der Waals surface area contributed by atoms with Crippen LogP contribution in [0.25, 0.3) is 0 Å². The second kappa shape index (κ2) is 3.85. The summed E-state index contributed by atoms with van der Waals surface area (Å²) in [5.74, 6) is 0.341. The SMILES string of the molecule is CN1N=CC2C(=O)N=C(CN)N=C21.Cl. The molecule has 0 saturated carbocycles. The van der Waals surface area contributed by atoms with E-state index in [-0.39, 0.29) is 24.9 Å². The number of nitrogens with zero attached hydrogens (tertiary/aromatic N) is 4. The minimum Gasteiger partial charge on any atom is -0.324 e. The van der Waals surface area contributed by atoms with Crippen LogP contribution in [0.5, 0.6) is 0 Å². The van der Waals surface area contributed by atoms with Gasteiger partial charge in [0.05, 0.1) is 6.54 Å². The van der Waals surface area contributed by atoms with Crippen LogP contribution < -0.4 is 5.73 Å². The van der Waals surface area contributed by atoms with Crippen LogP contribution in [-0.2, 0) is 4.79 Å². The van der Waals surface area contributed by atoms with E-state index < -0.39 is 5.92 Å². The van der Waals surface area contributed by atoms with Crippen molar-refractivity contribution in [1.82, 2.24) is 5.01 Å². The van der Waals surface area contributed by atoms with Gasteiger partial charge in [-0.2, -0.15) is 10.1 Å². The maximum atomic E-state index is 11.3. The lowest BCUT2D eigenvalue weighted by Gasteiger charge is -2.15. The van der Waals surface area contributed by atoms with E-state index in [9.17, 15) is 4.79 Å². The number of aliphatic imine (C=N–C) groups is 2. The van der Waals surface area contributed by atoms with Gasteiger partial charge in [0.15, 0.2) is 0 Å². The minimum absolute atomic E-state index is 0. The molecule has 1 amide bonds. The lowest BCUT2D eigenvalue weighted by atomic mass is 10.1. The first-order chi connectivity index (χ1) is 6.22. The topological polar surface area (TPSA) is 83.4 Å². The van der Waals surface area contributed by atoms with Crippen LogP contribution in [0.15, 0.2) is 15.1 Å². The van der Waals surface area contributed by atoms with Crippen molar-refractivity contribution in [3.63, 3.8) is 0 Å². The normalized spacial score (nSPS) is 24.0. The van der Waals surface area contributed by atoms with E-state index in [1.54, 1.807) is 12.1 Å². The fourth-order valence-corrected chi connectivity index (χ4v) is 1.26. The first-order valence-electron chi connectivity index (χ1n) is 3.90. The largest absolute Gasteiger partial charge is 0.324 e. The summed E-state index contributed by atoms with van der Waals surface area (Å²) in [6, 6.07) is 0. The van der Waals surface area contributed by atoms with Crippen molar-refractivity contribution < 1.29 is 4.79 Å². The summed E-state index contributed by atoms with van der Waals surface area (Å²) in [4.78, 5) is 19.2. The molecule has 0 fully saturated rings. The second-order valence-electron chi connectivity index (χ2n) is 2.81. The summed E-state index contributed by atoms with van der Waals surface area (Å²) in [5, 5.41) is 5.50. The summed E-state index contributed by atoms with van der Waals surface area (Å²) in [6.45, 7) is 0.176. The highest BCUT2D eigenvalue weighted by Gasteiger charge is 2.33. The zero-order valence-electron chi connectivity index (χ0n) is 7.54. The Morgan fingerprint density at radius 1 is 1.57 bits per heavy atom. The Hall–Kier alpha value is -1.27. The number of hydrogen-bond acceptors (Lipinski definition) is 5. The number of halogens is 1. The molecule has 14 heavy (non-hydrogen) atoms. The Bertz CT molecular complexity index is 348. The highest BCUT2D eigenvalue weighted by atomic mass is 35.5. The van der Waals surface area contributed by atoms with Gasteiger partial charge in [0.2, 0.25) is 0 Å². The molecule has 0 aromatic rings. The summed E-state index contributed by atoms with van der Waals surface area (Å²) in [6.07, 6.45) is 1.54. The third-order valence-corrected chi connectivity index (χ3v) is 1.93. The highest BCUT2D eigenvalue weighted by molar-refractivity contribution is 6.24. The molecule has 0 aliphatic carbocycles. The smallest absolute Gasteiger partial charge is 0.263 e. The third-order valence-electron chi connectivity index (χ3n) is 1.93. The van der Waals surface area contributed by atoms with Crippen LogP contribution in [0.4, 0.5) is 0 Å². The van der Waals surface area contributed by atoms with Crippen molar-refractivity contribution in [2.75, 3.05) is 13.6 Å². The zero-order chi connectivity index (χ0) is 9.42. The Morgan fingerprint density at radius 2 is 2.29 bits per heavy atom. The second-order valence-corrected chi connectivity index (χ2v) is 2.81. The molecular weight excluding hydrogens is 206 g/mol. The van der Waals surface area contributed by atoms with Gasteiger partial charge in [-0.05, 0) is 0 Å². The maximum Gasteiger partial charge on any atom is 0.263 e. The predicted molar refractivity (Wildman–Crippen MR) is 55.9 cm³/mol. The van der Waals surface area contributed by atoms with Crippen LogP contribution in [0.2, 0.25) is 0 Å². The van der Waals surface area contributed by atoms with Crippen LogP contribution in [-0.4, -0.2) is 42.4 Å². The molecule has 0 radical (unpaired) electrons. The monoisotopic (exact) mass is 215 g/mol. The molecule has 2 aliphatic heterocycles. The molecule has 2 N–H and O–H groups in total. The fraction of sp³-hybridized carbons (Fsp3) is 0.429. The van der Waals surface area contributed by atoms with Crippen LogP contribution in [0.3, 0.4) is 0 Å². The molecule has 76 valence electrons. The van der Waals surface area contributed by atoms with E-state index in [4.69, 9.17) is 5.73 Å². The molecule has 2 rings (SSSR count). The fourth-order valence-electron chi connectivity index (χ4n) is 1.26. The van der Waals surface area contributed by atoms with E-state index in [2.05, 4.69) is 15.1 Å². The molecule has 1 unspecified atom stereocenters. The van der Waals surface area contributed by atoms with Gasteiger partial charge >= 0.3 is 0 Å². The maximum absolute atomic E-state index is 11.3. The molecule has 6 nitrogen and oxygen atoms in total. The molecule has 2 heterocycles. The standard InChI is InChI=1S/C7H9N5O.ClH/c1-12-6-4(3-9-12)7(13)11-5(2-8)10-6;/h3-4H,2,8H2,1H3;1H. The van der Waals surface area contributed by atoms with Crippen molar-refractivity contribution in [3.05, 3.63) is 0 Å². The lowest BCUT2D eigenvalue weighted by Crippen LogP contribution is -2.34. The summed E-state index contributed by atoms with van der Waals surface area (Å²) in [5.41, 5.74) is 5.34. The number of hydrazone groups is 1. The van der Waals surface area contributed by atoms with E-state index in [0.717, 1.165) is 0 Å². The molecule has 0 bridgehead atoms. The number of carbonyl (C=O) groups excluding carboxylic acids is 1. The Morgan fingerprint density at radius 3 is 2.93 bits per heavy atom. The molecule has 7 heteroatoms. The van der Waals surface area contributed by atoms with Crippen LogP contribution >= 0.6 is 12.4 Å². The molecule has 0 spiro atoms. The van der Waals surface area contributed by atoms with Gasteiger partial charge < -0.3 is 5.73 Å². The minimum atomic E-state index is -0.403. The van der Waals surface area contributed by atoms with Crippen molar-refractivity contribution in [1.29, 1.82) is 0 Å². The van der Waals surface area contributed by atoms with Gasteiger partial charge in [-0.15, -0.1) is 12.4 Å². The number of nitrogens with two attached hydrogens (primary N) is 1. The number of carbonyl (C=O) groups is 1. The Balaban J connectivity index is 0.000000980. The van der Waals surface area contributed by atoms with Gasteiger partial charge in [-0.1, -0.05) is 0 Å². The van der Waals surface area contributed by atoms with Gasteiger partial charge in [0, 0.05) is 13.3 Å². The number of amides is 1. The van der Waals surface area contributed by atoms with Crippen molar-refractivity contribution in [3.8, 4) is 0 Å². The average Bonchev–Trinajstić information content (AvgIpc) is 2.48. The van der Waals surface area contributed by atoms with Crippen molar-refractivity contribution in [2.45, 2.75) is 0 Å². The van der Waals surface area contributed by atoms with Crippen molar-refractivity contribution >= 4 is 36.2 Å². The molecule has 0 saturated heterocycles. The van der Waals surface area contributed by atoms with Gasteiger partial charge in [0.1, 0.15) is 17.6 Å². The summed E-state index contributed by atoms with van der Waals surface area (Å²) >= 11 is 0. The molecular formula is C7H10ClN5O. The number of amidine groups is 2. The molecule has 0 aromatic heterocycles. The van der Waals surface area contributed by atoms with E-state index in [1.807, 2.05) is 0 Å². The van der Waals surface area contributed by atoms with Crippen LogP contribution in [0, 0.1) is 5.92 Å². The molecule has 2 aliphatic rings. The highest BCUT2D eigenvalue weighted by Crippen LogP contribution is 2.15. The number of hydrogen-bond donors (Lipinski definition) is 1.